The van der Waals surface area contributed by atoms with Crippen LogP contribution in [0.1, 0.15) is 19.4 Å². The van der Waals surface area contributed by atoms with Crippen LogP contribution in [-0.2, 0) is 0 Å². The molecule has 0 amide bonds. The summed E-state index contributed by atoms with van der Waals surface area (Å²) in [6.45, 7) is 0.965. The molecule has 1 rings (SSSR count). The number of halogens is 4. The van der Waals surface area contributed by atoms with Crippen LogP contribution in [0.15, 0.2) is 9.59 Å². The highest BCUT2D eigenvalue weighted by Crippen LogP contribution is 2.28. The minimum absolute atomic E-state index is 0.143. The molecule has 0 aliphatic heterocycles. The summed E-state index contributed by atoms with van der Waals surface area (Å²) in [4.78, 5) is 23.3. The number of rotatable bonds is 2. The number of H-pyrrole nitrogens is 1. The Hall–Kier alpha value is -1.80. The van der Waals surface area contributed by atoms with Crippen LogP contribution in [0.3, 0.4) is 0 Å². The van der Waals surface area contributed by atoms with E-state index in [0.717, 1.165) is 6.92 Å². The average molecular weight is 256 g/mol. The van der Waals surface area contributed by atoms with Crippen LogP contribution in [0.5, 0.6) is 5.88 Å². The van der Waals surface area contributed by atoms with Gasteiger partial charge in [0.25, 0.3) is 5.56 Å². The first kappa shape index (κ1) is 13.3. The predicted molar refractivity (Wildman–Crippen MR) is 48.3 cm³/mol. The molecule has 1 unspecified atom stereocenters. The van der Waals surface area contributed by atoms with Gasteiger partial charge in [-0.15, -0.1) is 0 Å². The second-order valence-corrected chi connectivity index (χ2v) is 3.44. The largest absolute Gasteiger partial charge is 0.492 e. The van der Waals surface area contributed by atoms with Crippen molar-refractivity contribution in [1.82, 2.24) is 9.55 Å². The number of nitrogens with one attached hydrogen (secondary N) is 1. The minimum Gasteiger partial charge on any atom is -0.492 e. The van der Waals surface area contributed by atoms with Gasteiger partial charge >= 0.3 is 11.9 Å². The van der Waals surface area contributed by atoms with E-state index < -0.39 is 41.6 Å². The van der Waals surface area contributed by atoms with Gasteiger partial charge in [-0.1, -0.05) is 0 Å². The molecule has 0 spiro atoms. The van der Waals surface area contributed by atoms with Crippen molar-refractivity contribution in [2.24, 2.45) is 0 Å². The molecular formula is C8H8F4N2O3. The lowest BCUT2D eigenvalue weighted by Crippen LogP contribution is -2.34. The first-order chi connectivity index (χ1) is 7.63. The molecule has 0 aliphatic rings. The topological polar surface area (TPSA) is 75.1 Å². The molecule has 17 heavy (non-hydrogen) atoms. The fourth-order valence-electron chi connectivity index (χ4n) is 1.35. The Balaban J connectivity index is 3.28. The summed E-state index contributed by atoms with van der Waals surface area (Å²) >= 11 is 0. The number of hydrogen-bond donors (Lipinski definition) is 2. The van der Waals surface area contributed by atoms with Crippen molar-refractivity contribution in [1.29, 1.82) is 0 Å². The quantitative estimate of drug-likeness (QED) is 0.772. The summed E-state index contributed by atoms with van der Waals surface area (Å²) in [5.41, 5.74) is -2.78. The second-order valence-electron chi connectivity index (χ2n) is 3.44. The molecule has 0 saturated carbocycles. The average Bonchev–Trinajstić information content (AvgIpc) is 2.11. The van der Waals surface area contributed by atoms with Crippen molar-refractivity contribution in [3.05, 3.63) is 26.7 Å². The van der Waals surface area contributed by atoms with Gasteiger partial charge in [-0.3, -0.25) is 14.3 Å². The third-order valence-corrected chi connectivity index (χ3v) is 2.03. The minimum atomic E-state index is -4.59. The molecule has 0 saturated heterocycles. The molecule has 0 fully saturated rings. The molecular weight excluding hydrogens is 248 g/mol. The van der Waals surface area contributed by atoms with E-state index in [2.05, 4.69) is 0 Å². The van der Waals surface area contributed by atoms with Gasteiger partial charge in [0.1, 0.15) is 0 Å². The highest BCUT2D eigenvalue weighted by Gasteiger charge is 2.32. The normalized spacial score (nSPS) is 13.7. The van der Waals surface area contributed by atoms with E-state index in [-0.39, 0.29) is 4.57 Å². The maximum Gasteiger partial charge on any atom is 0.391 e. The van der Waals surface area contributed by atoms with Crippen molar-refractivity contribution in [3.63, 3.8) is 0 Å². The van der Waals surface area contributed by atoms with Crippen molar-refractivity contribution < 1.29 is 22.7 Å². The fraction of sp³-hybridized carbons (Fsp3) is 0.500. The lowest BCUT2D eigenvalue weighted by Gasteiger charge is -2.17. The molecule has 0 radical (unpaired) electrons. The summed E-state index contributed by atoms with van der Waals surface area (Å²) in [5, 5.41) is 9.13. The standard InChI is InChI=1S/C8H8F4N2O3/c1-3(2-8(10,11)12)14-6(16)4(9)5(15)13-7(14)17/h3,16H,2H2,1H3,(H,13,15,17). The van der Waals surface area contributed by atoms with Gasteiger partial charge in [-0.05, 0) is 6.92 Å². The zero-order valence-electron chi connectivity index (χ0n) is 8.51. The summed E-state index contributed by atoms with van der Waals surface area (Å²) in [5.74, 6) is -3.10. The summed E-state index contributed by atoms with van der Waals surface area (Å²) in [6.07, 6.45) is -6.02. The summed E-state index contributed by atoms with van der Waals surface area (Å²) in [6, 6.07) is -1.53. The maximum absolute atomic E-state index is 12.9. The highest BCUT2D eigenvalue weighted by atomic mass is 19.4. The van der Waals surface area contributed by atoms with Gasteiger partial charge in [0.15, 0.2) is 0 Å². The molecule has 5 nitrogen and oxygen atoms in total. The van der Waals surface area contributed by atoms with E-state index in [9.17, 15) is 27.2 Å². The van der Waals surface area contributed by atoms with Crippen LogP contribution >= 0.6 is 0 Å². The third kappa shape index (κ3) is 2.86. The third-order valence-electron chi connectivity index (χ3n) is 2.03. The Morgan fingerprint density at radius 1 is 1.41 bits per heavy atom. The van der Waals surface area contributed by atoms with Crippen LogP contribution in [-0.4, -0.2) is 20.8 Å². The van der Waals surface area contributed by atoms with Crippen molar-refractivity contribution >= 4 is 0 Å². The van der Waals surface area contributed by atoms with Gasteiger partial charge < -0.3 is 5.11 Å². The first-order valence-electron chi connectivity index (χ1n) is 4.43. The van der Waals surface area contributed by atoms with E-state index in [0.29, 0.717) is 0 Å². The summed E-state index contributed by atoms with van der Waals surface area (Å²) < 4.78 is 49.3. The Morgan fingerprint density at radius 3 is 2.41 bits per heavy atom. The zero-order valence-corrected chi connectivity index (χ0v) is 8.51. The zero-order chi connectivity index (χ0) is 13.4. The van der Waals surface area contributed by atoms with E-state index in [1.54, 1.807) is 0 Å². The lowest BCUT2D eigenvalue weighted by molar-refractivity contribution is -0.142. The Morgan fingerprint density at radius 2 is 1.94 bits per heavy atom. The molecule has 1 aromatic heterocycles. The van der Waals surface area contributed by atoms with Crippen molar-refractivity contribution in [3.8, 4) is 5.88 Å². The van der Waals surface area contributed by atoms with Gasteiger partial charge in [0, 0.05) is 6.04 Å². The Labute approximate surface area is 91.3 Å². The van der Waals surface area contributed by atoms with E-state index in [1.807, 2.05) is 0 Å². The maximum atomic E-state index is 12.9. The van der Waals surface area contributed by atoms with Gasteiger partial charge in [-0.25, -0.2) is 4.79 Å². The smallest absolute Gasteiger partial charge is 0.391 e. The van der Waals surface area contributed by atoms with Gasteiger partial charge in [0.05, 0.1) is 6.42 Å². The lowest BCUT2D eigenvalue weighted by atomic mass is 10.2. The van der Waals surface area contributed by atoms with E-state index in [1.165, 1.54) is 4.98 Å². The second kappa shape index (κ2) is 4.22. The van der Waals surface area contributed by atoms with Gasteiger partial charge in [0.2, 0.25) is 11.7 Å². The number of nitrogens with zero attached hydrogens (tertiary/aromatic N) is 1. The molecule has 9 heteroatoms. The molecule has 1 aromatic rings. The number of alkyl halides is 3. The predicted octanol–water partition coefficient (Wildman–Crippen LogP) is 0.895. The van der Waals surface area contributed by atoms with Crippen LogP contribution in [0.25, 0.3) is 0 Å². The van der Waals surface area contributed by atoms with Crippen LogP contribution in [0, 0.1) is 5.82 Å². The Bertz CT molecular complexity index is 531. The summed E-state index contributed by atoms with van der Waals surface area (Å²) in [7, 11) is 0. The SMILES string of the molecule is CC(CC(F)(F)F)n1c(O)c(F)c(=O)[nH]c1=O. The molecule has 0 bridgehead atoms. The first-order valence-corrected chi connectivity index (χ1v) is 4.43. The number of hydrogen-bond acceptors (Lipinski definition) is 3. The highest BCUT2D eigenvalue weighted by molar-refractivity contribution is 5.10. The monoisotopic (exact) mass is 256 g/mol. The van der Waals surface area contributed by atoms with Crippen molar-refractivity contribution in [2.75, 3.05) is 0 Å². The molecule has 1 heterocycles. The molecule has 96 valence electrons. The van der Waals surface area contributed by atoms with E-state index in [4.69, 9.17) is 5.11 Å². The van der Waals surface area contributed by atoms with Crippen LogP contribution in [0.4, 0.5) is 17.6 Å². The number of aromatic nitrogens is 2. The van der Waals surface area contributed by atoms with Crippen LogP contribution < -0.4 is 11.2 Å². The Kier molecular flexibility index (Phi) is 3.30. The molecule has 0 aromatic carbocycles. The number of aromatic amines is 1. The fourth-order valence-corrected chi connectivity index (χ4v) is 1.35. The van der Waals surface area contributed by atoms with Crippen LogP contribution in [0.2, 0.25) is 0 Å². The van der Waals surface area contributed by atoms with Gasteiger partial charge in [-0.2, -0.15) is 17.6 Å². The molecule has 1 atom stereocenters. The molecule has 0 aliphatic carbocycles. The van der Waals surface area contributed by atoms with E-state index >= 15 is 0 Å². The number of aromatic hydroxyl groups is 1. The van der Waals surface area contributed by atoms with Crippen molar-refractivity contribution in [2.45, 2.75) is 25.6 Å². The molecule has 2 N–H and O–H groups in total.